The fraction of sp³-hybridized carbons (Fsp3) is 0.368. The maximum Gasteiger partial charge on any atom is 0.119 e. The molecule has 0 atom stereocenters. The minimum absolute atomic E-state index is 0.174. The van der Waals surface area contributed by atoms with E-state index < -0.39 is 0 Å². The third-order valence-corrected chi connectivity index (χ3v) is 5.31. The molecule has 21 heavy (non-hydrogen) atoms. The summed E-state index contributed by atoms with van der Waals surface area (Å²) < 4.78 is 10.9. The van der Waals surface area contributed by atoms with Gasteiger partial charge in [0.1, 0.15) is 11.5 Å². The van der Waals surface area contributed by atoms with E-state index >= 15 is 0 Å². The second-order valence-corrected chi connectivity index (χ2v) is 6.13. The normalized spacial score (nSPS) is 17.6. The molecular weight excluding hydrogens is 260 g/mol. The van der Waals surface area contributed by atoms with Crippen LogP contribution in [0.1, 0.15) is 35.1 Å². The summed E-state index contributed by atoms with van der Waals surface area (Å²) in [7, 11) is 3.49. The summed E-state index contributed by atoms with van der Waals surface area (Å²) in [4.78, 5) is 0. The number of hydrogen-bond donors (Lipinski definition) is 0. The second-order valence-electron chi connectivity index (χ2n) is 6.13. The van der Waals surface area contributed by atoms with Gasteiger partial charge in [0.15, 0.2) is 0 Å². The Hall–Kier alpha value is -1.96. The minimum Gasteiger partial charge on any atom is -0.497 e. The van der Waals surface area contributed by atoms with Gasteiger partial charge >= 0.3 is 0 Å². The Morgan fingerprint density at radius 1 is 0.762 bits per heavy atom. The quantitative estimate of drug-likeness (QED) is 0.831. The third-order valence-electron chi connectivity index (χ3n) is 5.31. The summed E-state index contributed by atoms with van der Waals surface area (Å²) in [6.07, 6.45) is 4.73. The van der Waals surface area contributed by atoms with Gasteiger partial charge in [0.25, 0.3) is 0 Å². The van der Waals surface area contributed by atoms with Crippen LogP contribution in [0.3, 0.4) is 0 Å². The van der Waals surface area contributed by atoms with Crippen molar-refractivity contribution in [3.05, 3.63) is 58.7 Å². The molecule has 2 aromatic rings. The summed E-state index contributed by atoms with van der Waals surface area (Å²) in [5, 5.41) is 0. The molecule has 2 aliphatic rings. The Balaban J connectivity index is 1.90. The zero-order valence-electron chi connectivity index (χ0n) is 12.6. The van der Waals surface area contributed by atoms with Crippen molar-refractivity contribution in [2.45, 2.75) is 31.1 Å². The average Bonchev–Trinajstić information content (AvgIpc) is 3.10. The maximum absolute atomic E-state index is 5.45. The van der Waals surface area contributed by atoms with Crippen LogP contribution in [0.15, 0.2) is 36.4 Å². The first-order valence-corrected chi connectivity index (χ1v) is 7.62. The zero-order valence-corrected chi connectivity index (χ0v) is 12.6. The molecule has 0 saturated heterocycles. The third kappa shape index (κ3) is 1.71. The van der Waals surface area contributed by atoms with Crippen molar-refractivity contribution in [1.82, 2.24) is 0 Å². The van der Waals surface area contributed by atoms with Gasteiger partial charge < -0.3 is 9.47 Å². The summed E-state index contributed by atoms with van der Waals surface area (Å²) in [5.41, 5.74) is 6.06. The highest BCUT2D eigenvalue weighted by Crippen LogP contribution is 2.53. The SMILES string of the molecule is COc1ccc2c(c1)C1(CC2)CCc2ccc(OC)cc21. The first-order valence-electron chi connectivity index (χ1n) is 7.62. The summed E-state index contributed by atoms with van der Waals surface area (Å²) in [6.45, 7) is 0. The Morgan fingerprint density at radius 2 is 1.24 bits per heavy atom. The first kappa shape index (κ1) is 12.8. The second kappa shape index (κ2) is 4.52. The van der Waals surface area contributed by atoms with Crippen molar-refractivity contribution in [3.8, 4) is 11.5 Å². The van der Waals surface area contributed by atoms with Crippen LogP contribution in [0.25, 0.3) is 0 Å². The van der Waals surface area contributed by atoms with Gasteiger partial charge in [-0.1, -0.05) is 12.1 Å². The first-order chi connectivity index (χ1) is 10.3. The monoisotopic (exact) mass is 280 g/mol. The molecule has 0 unspecified atom stereocenters. The van der Waals surface area contributed by atoms with Gasteiger partial charge in [-0.3, -0.25) is 0 Å². The number of aryl methyl sites for hydroxylation is 2. The number of fused-ring (bicyclic) bond motifs is 4. The molecule has 108 valence electrons. The Bertz CT molecular complexity index is 641. The number of hydrogen-bond acceptors (Lipinski definition) is 2. The lowest BCUT2D eigenvalue weighted by atomic mass is 9.76. The Kier molecular flexibility index (Phi) is 2.75. The van der Waals surface area contributed by atoms with Gasteiger partial charge in [-0.2, -0.15) is 0 Å². The highest BCUT2D eigenvalue weighted by Gasteiger charge is 2.44. The molecule has 2 aliphatic carbocycles. The molecule has 0 amide bonds. The molecule has 0 bridgehead atoms. The van der Waals surface area contributed by atoms with Gasteiger partial charge in [-0.25, -0.2) is 0 Å². The predicted molar refractivity (Wildman–Crippen MR) is 83.4 cm³/mol. The standard InChI is InChI=1S/C19H20O2/c1-20-15-5-3-13-7-9-19(17(13)11-15)10-8-14-4-6-16(21-2)12-18(14)19/h3-6,11-12H,7-10H2,1-2H3. The number of benzene rings is 2. The fourth-order valence-corrected chi connectivity index (χ4v) is 4.20. The van der Waals surface area contributed by atoms with Crippen molar-refractivity contribution in [1.29, 1.82) is 0 Å². The molecule has 0 aromatic heterocycles. The Labute approximate surface area is 125 Å². The lowest BCUT2D eigenvalue weighted by molar-refractivity contribution is 0.410. The maximum atomic E-state index is 5.45. The minimum atomic E-state index is 0.174. The van der Waals surface area contributed by atoms with Crippen molar-refractivity contribution in [3.63, 3.8) is 0 Å². The molecule has 0 N–H and O–H groups in total. The molecule has 0 heterocycles. The van der Waals surface area contributed by atoms with Crippen LogP contribution < -0.4 is 9.47 Å². The fourth-order valence-electron chi connectivity index (χ4n) is 4.20. The molecule has 2 nitrogen and oxygen atoms in total. The van der Waals surface area contributed by atoms with Crippen LogP contribution in [-0.2, 0) is 18.3 Å². The number of methoxy groups -OCH3 is 2. The number of ether oxygens (including phenoxy) is 2. The smallest absolute Gasteiger partial charge is 0.119 e. The highest BCUT2D eigenvalue weighted by atomic mass is 16.5. The van der Waals surface area contributed by atoms with E-state index in [1.165, 1.54) is 35.1 Å². The van der Waals surface area contributed by atoms with E-state index in [2.05, 4.69) is 36.4 Å². The van der Waals surface area contributed by atoms with Crippen molar-refractivity contribution < 1.29 is 9.47 Å². The van der Waals surface area contributed by atoms with Crippen LogP contribution in [-0.4, -0.2) is 14.2 Å². The van der Waals surface area contributed by atoms with Crippen LogP contribution in [0.4, 0.5) is 0 Å². The molecule has 0 radical (unpaired) electrons. The highest BCUT2D eigenvalue weighted by molar-refractivity contribution is 5.56. The average molecular weight is 280 g/mol. The molecule has 4 rings (SSSR count). The van der Waals surface area contributed by atoms with E-state index in [0.717, 1.165) is 24.3 Å². The molecule has 0 saturated carbocycles. The van der Waals surface area contributed by atoms with Crippen LogP contribution in [0.2, 0.25) is 0 Å². The van der Waals surface area contributed by atoms with Crippen LogP contribution >= 0.6 is 0 Å². The van der Waals surface area contributed by atoms with E-state index in [4.69, 9.17) is 9.47 Å². The van der Waals surface area contributed by atoms with E-state index in [9.17, 15) is 0 Å². The van der Waals surface area contributed by atoms with Crippen LogP contribution in [0, 0.1) is 0 Å². The lowest BCUT2D eigenvalue weighted by Crippen LogP contribution is -2.21. The zero-order chi connectivity index (χ0) is 14.4. The van der Waals surface area contributed by atoms with Crippen LogP contribution in [0.5, 0.6) is 11.5 Å². The summed E-state index contributed by atoms with van der Waals surface area (Å²) in [5.74, 6) is 1.93. The summed E-state index contributed by atoms with van der Waals surface area (Å²) >= 11 is 0. The molecule has 1 spiro atoms. The van der Waals surface area contributed by atoms with Crippen molar-refractivity contribution in [2.24, 2.45) is 0 Å². The van der Waals surface area contributed by atoms with E-state index in [1.807, 2.05) is 0 Å². The predicted octanol–water partition coefficient (Wildman–Crippen LogP) is 3.88. The molecule has 2 heteroatoms. The lowest BCUT2D eigenvalue weighted by Gasteiger charge is -2.27. The van der Waals surface area contributed by atoms with Gasteiger partial charge in [0, 0.05) is 5.41 Å². The van der Waals surface area contributed by atoms with Gasteiger partial charge in [0.05, 0.1) is 14.2 Å². The summed E-state index contributed by atoms with van der Waals surface area (Å²) in [6, 6.07) is 13.1. The largest absolute Gasteiger partial charge is 0.497 e. The topological polar surface area (TPSA) is 18.5 Å². The number of rotatable bonds is 2. The molecule has 0 fully saturated rings. The molecule has 2 aromatic carbocycles. The van der Waals surface area contributed by atoms with Gasteiger partial charge in [-0.05, 0) is 72.2 Å². The van der Waals surface area contributed by atoms with E-state index in [0.29, 0.717) is 0 Å². The molecular formula is C19H20O2. The van der Waals surface area contributed by atoms with Gasteiger partial charge in [-0.15, -0.1) is 0 Å². The van der Waals surface area contributed by atoms with Gasteiger partial charge in [0.2, 0.25) is 0 Å². The van der Waals surface area contributed by atoms with Crippen molar-refractivity contribution >= 4 is 0 Å². The van der Waals surface area contributed by atoms with E-state index in [1.54, 1.807) is 14.2 Å². The molecule has 0 aliphatic heterocycles. The Morgan fingerprint density at radius 3 is 1.67 bits per heavy atom. The van der Waals surface area contributed by atoms with E-state index in [-0.39, 0.29) is 5.41 Å². The van der Waals surface area contributed by atoms with Crippen molar-refractivity contribution in [2.75, 3.05) is 14.2 Å².